The molecule has 11 heteroatoms. The molecule has 0 saturated carbocycles. The van der Waals surface area contributed by atoms with Crippen molar-refractivity contribution in [2.24, 2.45) is 0 Å². The van der Waals surface area contributed by atoms with Crippen molar-refractivity contribution < 1.29 is 47.6 Å². The highest BCUT2D eigenvalue weighted by Gasteiger charge is 2.38. The SMILES string of the molecule is CC(=O)OCC(C)OC(OCCCBr)C(OC(C)=O)C(COC(C)=O)OC(C)=O. The maximum Gasteiger partial charge on any atom is 0.303 e. The molecule has 0 amide bonds. The van der Waals surface area contributed by atoms with E-state index in [1.54, 1.807) is 6.92 Å². The molecule has 0 aromatic rings. The molecule has 0 saturated heterocycles. The molecule has 0 heterocycles. The first-order chi connectivity index (χ1) is 13.6. The molecule has 4 atom stereocenters. The van der Waals surface area contributed by atoms with Gasteiger partial charge in [-0.2, -0.15) is 0 Å². The van der Waals surface area contributed by atoms with Gasteiger partial charge in [0.25, 0.3) is 0 Å². The third kappa shape index (κ3) is 14.0. The second kappa shape index (κ2) is 15.2. The molecule has 0 radical (unpaired) electrons. The molecular formula is C18H29BrO10. The molecule has 0 aliphatic rings. The van der Waals surface area contributed by atoms with Crippen LogP contribution in [0.3, 0.4) is 0 Å². The van der Waals surface area contributed by atoms with Crippen LogP contribution in [0.5, 0.6) is 0 Å². The third-order valence-corrected chi connectivity index (χ3v) is 3.71. The molecule has 0 aliphatic heterocycles. The number of hydrogen-bond acceptors (Lipinski definition) is 10. The van der Waals surface area contributed by atoms with Crippen LogP contribution in [0.25, 0.3) is 0 Å². The number of rotatable bonds is 14. The summed E-state index contributed by atoms with van der Waals surface area (Å²) >= 11 is 3.28. The highest BCUT2D eigenvalue weighted by atomic mass is 79.9. The Morgan fingerprint density at radius 3 is 1.86 bits per heavy atom. The zero-order chi connectivity index (χ0) is 22.4. The maximum atomic E-state index is 11.7. The van der Waals surface area contributed by atoms with Crippen molar-refractivity contribution >= 4 is 39.8 Å². The number of alkyl halides is 1. The van der Waals surface area contributed by atoms with Crippen LogP contribution in [0.2, 0.25) is 0 Å². The number of carbonyl (C=O) groups is 4. The smallest absolute Gasteiger partial charge is 0.303 e. The molecule has 0 fully saturated rings. The fourth-order valence-corrected chi connectivity index (χ4v) is 2.30. The molecule has 4 unspecified atom stereocenters. The van der Waals surface area contributed by atoms with Crippen molar-refractivity contribution in [3.05, 3.63) is 0 Å². The number of carbonyl (C=O) groups excluding carboxylic acids is 4. The topological polar surface area (TPSA) is 124 Å². The summed E-state index contributed by atoms with van der Waals surface area (Å²) in [5.41, 5.74) is 0. The van der Waals surface area contributed by atoms with Crippen LogP contribution in [-0.4, -0.2) is 73.6 Å². The molecule has 0 aromatic heterocycles. The van der Waals surface area contributed by atoms with E-state index in [4.69, 9.17) is 28.4 Å². The summed E-state index contributed by atoms with van der Waals surface area (Å²) < 4.78 is 31.8. The maximum absolute atomic E-state index is 11.7. The van der Waals surface area contributed by atoms with E-state index in [2.05, 4.69) is 15.9 Å². The van der Waals surface area contributed by atoms with Crippen molar-refractivity contribution in [2.75, 3.05) is 25.2 Å². The lowest BCUT2D eigenvalue weighted by atomic mass is 10.2. The Balaban J connectivity index is 5.57. The van der Waals surface area contributed by atoms with Crippen LogP contribution >= 0.6 is 15.9 Å². The van der Waals surface area contributed by atoms with Gasteiger partial charge >= 0.3 is 23.9 Å². The largest absolute Gasteiger partial charge is 0.463 e. The zero-order valence-corrected chi connectivity index (χ0v) is 18.9. The Bertz CT molecular complexity index is 539. The second-order valence-corrected chi connectivity index (χ2v) is 6.85. The van der Waals surface area contributed by atoms with Crippen LogP contribution in [0.1, 0.15) is 41.0 Å². The van der Waals surface area contributed by atoms with Crippen molar-refractivity contribution in [3.63, 3.8) is 0 Å². The lowest BCUT2D eigenvalue weighted by Crippen LogP contribution is -2.49. The lowest BCUT2D eigenvalue weighted by molar-refractivity contribution is -0.250. The Kier molecular flexibility index (Phi) is 14.3. The number of ether oxygens (including phenoxy) is 6. The summed E-state index contributed by atoms with van der Waals surface area (Å²) in [7, 11) is 0. The van der Waals surface area contributed by atoms with Gasteiger partial charge in [-0.05, 0) is 13.3 Å². The predicted octanol–water partition coefficient (Wildman–Crippen LogP) is 1.51. The molecule has 168 valence electrons. The summed E-state index contributed by atoms with van der Waals surface area (Å²) in [5.74, 6) is -2.45. The normalized spacial score (nSPS) is 14.8. The molecular weight excluding hydrogens is 456 g/mol. The Morgan fingerprint density at radius 1 is 0.828 bits per heavy atom. The van der Waals surface area contributed by atoms with Crippen molar-refractivity contribution in [2.45, 2.75) is 65.6 Å². The first-order valence-electron chi connectivity index (χ1n) is 9.01. The minimum atomic E-state index is -1.23. The van der Waals surface area contributed by atoms with E-state index in [9.17, 15) is 19.2 Å². The summed E-state index contributed by atoms with van der Waals surface area (Å²) in [6.07, 6.45) is -3.59. The van der Waals surface area contributed by atoms with Crippen LogP contribution in [0.4, 0.5) is 0 Å². The summed E-state index contributed by atoms with van der Waals surface area (Å²) in [6, 6.07) is 0. The average molecular weight is 485 g/mol. The minimum Gasteiger partial charge on any atom is -0.463 e. The third-order valence-electron chi connectivity index (χ3n) is 3.15. The van der Waals surface area contributed by atoms with Crippen LogP contribution in [0, 0.1) is 0 Å². The van der Waals surface area contributed by atoms with Gasteiger partial charge in [-0.25, -0.2) is 0 Å². The molecule has 0 bridgehead atoms. The minimum absolute atomic E-state index is 0.0669. The van der Waals surface area contributed by atoms with E-state index < -0.39 is 48.5 Å². The van der Waals surface area contributed by atoms with E-state index in [1.165, 1.54) is 20.8 Å². The van der Waals surface area contributed by atoms with Crippen LogP contribution in [-0.2, 0) is 47.6 Å². The molecule has 29 heavy (non-hydrogen) atoms. The summed E-state index contributed by atoms with van der Waals surface area (Å²) in [4.78, 5) is 45.4. The van der Waals surface area contributed by atoms with Gasteiger partial charge in [-0.3, -0.25) is 19.2 Å². The Hall–Kier alpha value is -1.72. The van der Waals surface area contributed by atoms with E-state index in [1.807, 2.05) is 0 Å². The van der Waals surface area contributed by atoms with Gasteiger partial charge in [-0.1, -0.05) is 15.9 Å². The summed E-state index contributed by atoms with van der Waals surface area (Å²) in [5, 5.41) is 0.655. The summed E-state index contributed by atoms with van der Waals surface area (Å²) in [6.45, 7) is 6.20. The van der Waals surface area contributed by atoms with E-state index >= 15 is 0 Å². The molecule has 10 nitrogen and oxygen atoms in total. The standard InChI is InChI=1S/C18H29BrO10/c1-11(9-25-12(2)20)27-18(24-8-6-7-19)17(29-15(5)23)16(28-14(4)22)10-26-13(3)21/h11,16-18H,6-10H2,1-5H3. The van der Waals surface area contributed by atoms with Crippen LogP contribution in [0.15, 0.2) is 0 Å². The Morgan fingerprint density at radius 2 is 1.38 bits per heavy atom. The van der Waals surface area contributed by atoms with Gasteiger partial charge in [0.2, 0.25) is 0 Å². The lowest BCUT2D eigenvalue weighted by Gasteiger charge is -2.33. The molecule has 0 spiro atoms. The Labute approximate surface area is 178 Å². The molecule has 0 aromatic carbocycles. The number of halogens is 1. The number of hydrogen-bond donors (Lipinski definition) is 0. The van der Waals surface area contributed by atoms with Gasteiger partial charge in [0.05, 0.1) is 12.7 Å². The molecule has 0 N–H and O–H groups in total. The predicted molar refractivity (Wildman–Crippen MR) is 103 cm³/mol. The van der Waals surface area contributed by atoms with Gasteiger partial charge < -0.3 is 28.4 Å². The molecule has 0 aliphatic carbocycles. The first kappa shape index (κ1) is 27.3. The van der Waals surface area contributed by atoms with Crippen molar-refractivity contribution in [3.8, 4) is 0 Å². The van der Waals surface area contributed by atoms with E-state index in [0.717, 1.165) is 6.92 Å². The zero-order valence-electron chi connectivity index (χ0n) is 17.3. The fraction of sp³-hybridized carbons (Fsp3) is 0.778. The van der Waals surface area contributed by atoms with Gasteiger partial charge in [0.1, 0.15) is 13.2 Å². The number of esters is 4. The average Bonchev–Trinajstić information content (AvgIpc) is 2.60. The van der Waals surface area contributed by atoms with Crippen molar-refractivity contribution in [1.82, 2.24) is 0 Å². The van der Waals surface area contributed by atoms with Gasteiger partial charge in [0, 0.05) is 33.0 Å². The monoisotopic (exact) mass is 484 g/mol. The fourth-order valence-electron chi connectivity index (χ4n) is 2.08. The first-order valence-corrected chi connectivity index (χ1v) is 10.1. The highest BCUT2D eigenvalue weighted by molar-refractivity contribution is 9.09. The quantitative estimate of drug-likeness (QED) is 0.118. The highest BCUT2D eigenvalue weighted by Crippen LogP contribution is 2.18. The van der Waals surface area contributed by atoms with Crippen molar-refractivity contribution in [1.29, 1.82) is 0 Å². The van der Waals surface area contributed by atoms with Crippen LogP contribution < -0.4 is 0 Å². The second-order valence-electron chi connectivity index (χ2n) is 6.06. The van der Waals surface area contributed by atoms with E-state index in [0.29, 0.717) is 11.8 Å². The van der Waals surface area contributed by atoms with E-state index in [-0.39, 0.29) is 19.8 Å². The van der Waals surface area contributed by atoms with Gasteiger partial charge in [-0.15, -0.1) is 0 Å². The molecule has 0 rings (SSSR count). The van der Waals surface area contributed by atoms with Gasteiger partial charge in [0.15, 0.2) is 18.5 Å².